The normalized spacial score (nSPS) is 11.2. The van der Waals surface area contributed by atoms with E-state index in [0.29, 0.717) is 5.56 Å². The Balaban J connectivity index is 2.71. The van der Waals surface area contributed by atoms with Gasteiger partial charge in [-0.3, -0.25) is 4.98 Å². The third-order valence-electron chi connectivity index (χ3n) is 2.44. The fourth-order valence-corrected chi connectivity index (χ4v) is 2.70. The molecule has 2 rings (SSSR count). The summed E-state index contributed by atoms with van der Waals surface area (Å²) in [5.74, 6) is 0.235. The molecule has 0 aliphatic carbocycles. The zero-order valence-electron chi connectivity index (χ0n) is 9.50. The van der Waals surface area contributed by atoms with Crippen LogP contribution in [0.2, 0.25) is 0 Å². The lowest BCUT2D eigenvalue weighted by atomic mass is 10.1. The van der Waals surface area contributed by atoms with E-state index in [0.717, 1.165) is 5.56 Å². The highest BCUT2D eigenvalue weighted by atomic mass is 35.7. The van der Waals surface area contributed by atoms with Crippen molar-refractivity contribution < 1.29 is 13.2 Å². The van der Waals surface area contributed by atoms with Gasteiger partial charge in [-0.15, -0.1) is 0 Å². The minimum Gasteiger partial charge on any atom is -0.495 e. The first-order chi connectivity index (χ1) is 8.54. The number of methoxy groups -OCH3 is 1. The van der Waals surface area contributed by atoms with Gasteiger partial charge in [0.25, 0.3) is 9.05 Å². The van der Waals surface area contributed by atoms with Crippen LogP contribution in [0.3, 0.4) is 0 Å². The number of hydrogen-bond donors (Lipinski definition) is 0. The van der Waals surface area contributed by atoms with Crippen LogP contribution < -0.4 is 4.74 Å². The SMILES string of the molecule is COc1c(-c2ccncc2)cccc1S(=O)(=O)Cl. The fourth-order valence-electron chi connectivity index (χ4n) is 1.68. The van der Waals surface area contributed by atoms with Crippen LogP contribution in [0, 0.1) is 0 Å². The molecular formula is C12H10ClNO3S. The van der Waals surface area contributed by atoms with Gasteiger partial charge in [0.2, 0.25) is 0 Å². The molecule has 0 saturated carbocycles. The molecule has 1 aromatic heterocycles. The molecule has 6 heteroatoms. The Morgan fingerprint density at radius 3 is 2.39 bits per heavy atom. The second-order valence-electron chi connectivity index (χ2n) is 3.51. The lowest BCUT2D eigenvalue weighted by Gasteiger charge is -2.11. The van der Waals surface area contributed by atoms with Crippen molar-refractivity contribution in [3.8, 4) is 16.9 Å². The van der Waals surface area contributed by atoms with Gasteiger partial charge in [-0.2, -0.15) is 0 Å². The van der Waals surface area contributed by atoms with Crippen LogP contribution >= 0.6 is 10.7 Å². The maximum Gasteiger partial charge on any atom is 0.265 e. The van der Waals surface area contributed by atoms with Crippen molar-refractivity contribution >= 4 is 19.7 Å². The zero-order valence-corrected chi connectivity index (χ0v) is 11.1. The van der Waals surface area contributed by atoms with Crippen LogP contribution in [0.15, 0.2) is 47.6 Å². The molecule has 0 amide bonds. The molecule has 0 atom stereocenters. The maximum absolute atomic E-state index is 11.5. The predicted octanol–water partition coefficient (Wildman–Crippen LogP) is 2.68. The van der Waals surface area contributed by atoms with E-state index in [1.165, 1.54) is 13.2 Å². The Hall–Kier alpha value is -1.59. The molecule has 2 aromatic rings. The average molecular weight is 284 g/mol. The smallest absolute Gasteiger partial charge is 0.265 e. The molecule has 4 nitrogen and oxygen atoms in total. The third-order valence-corrected chi connectivity index (χ3v) is 3.78. The van der Waals surface area contributed by atoms with Crippen molar-refractivity contribution in [2.45, 2.75) is 4.90 Å². The van der Waals surface area contributed by atoms with Crippen molar-refractivity contribution in [1.82, 2.24) is 4.98 Å². The maximum atomic E-state index is 11.5. The second kappa shape index (κ2) is 4.96. The summed E-state index contributed by atoms with van der Waals surface area (Å²) in [5, 5.41) is 0. The molecule has 18 heavy (non-hydrogen) atoms. The molecule has 0 N–H and O–H groups in total. The number of halogens is 1. The molecule has 0 bridgehead atoms. The molecule has 0 aliphatic heterocycles. The molecule has 0 fully saturated rings. The van der Waals surface area contributed by atoms with Crippen LogP contribution in [0.25, 0.3) is 11.1 Å². The molecule has 1 heterocycles. The molecule has 94 valence electrons. The van der Waals surface area contributed by atoms with E-state index in [2.05, 4.69) is 4.98 Å². The Labute approximate surface area is 110 Å². The van der Waals surface area contributed by atoms with E-state index >= 15 is 0 Å². The van der Waals surface area contributed by atoms with Crippen molar-refractivity contribution in [3.05, 3.63) is 42.7 Å². The van der Waals surface area contributed by atoms with E-state index in [4.69, 9.17) is 15.4 Å². The summed E-state index contributed by atoms with van der Waals surface area (Å²) >= 11 is 0. The Morgan fingerprint density at radius 1 is 1.17 bits per heavy atom. The number of benzene rings is 1. The summed E-state index contributed by atoms with van der Waals surface area (Å²) in [6.45, 7) is 0. The van der Waals surface area contributed by atoms with Crippen molar-refractivity contribution in [3.63, 3.8) is 0 Å². The number of rotatable bonds is 3. The van der Waals surface area contributed by atoms with E-state index in [1.54, 1.807) is 36.7 Å². The molecule has 1 aromatic carbocycles. The van der Waals surface area contributed by atoms with Crippen LogP contribution in [0.1, 0.15) is 0 Å². The van der Waals surface area contributed by atoms with Crippen LogP contribution in [0.4, 0.5) is 0 Å². The summed E-state index contributed by atoms with van der Waals surface area (Å²) in [4.78, 5) is 3.87. The van der Waals surface area contributed by atoms with Gasteiger partial charge >= 0.3 is 0 Å². The number of ether oxygens (including phenoxy) is 1. The van der Waals surface area contributed by atoms with Gasteiger partial charge < -0.3 is 4.74 Å². The first-order valence-corrected chi connectivity index (χ1v) is 7.37. The number of para-hydroxylation sites is 1. The summed E-state index contributed by atoms with van der Waals surface area (Å²) in [7, 11) is 2.95. The minimum atomic E-state index is -3.84. The monoisotopic (exact) mass is 283 g/mol. The van der Waals surface area contributed by atoms with E-state index in [9.17, 15) is 8.42 Å². The van der Waals surface area contributed by atoms with E-state index in [-0.39, 0.29) is 10.6 Å². The Bertz CT molecular complexity index is 656. The Kier molecular flexibility index (Phi) is 3.54. The molecule has 0 radical (unpaired) electrons. The predicted molar refractivity (Wildman–Crippen MR) is 69.3 cm³/mol. The van der Waals surface area contributed by atoms with Gasteiger partial charge in [0.1, 0.15) is 10.6 Å². The van der Waals surface area contributed by atoms with Crippen LogP contribution in [0.5, 0.6) is 5.75 Å². The van der Waals surface area contributed by atoms with Gasteiger partial charge in [0.15, 0.2) is 0 Å². The number of aromatic nitrogens is 1. The molecular weight excluding hydrogens is 274 g/mol. The first-order valence-electron chi connectivity index (χ1n) is 5.06. The largest absolute Gasteiger partial charge is 0.495 e. The zero-order chi connectivity index (χ0) is 13.2. The molecule has 0 saturated heterocycles. The standard InChI is InChI=1S/C12H10ClNO3S/c1-17-12-10(9-5-7-14-8-6-9)3-2-4-11(12)18(13,15)16/h2-8H,1H3. The minimum absolute atomic E-state index is 0.0408. The highest BCUT2D eigenvalue weighted by molar-refractivity contribution is 8.13. The summed E-state index contributed by atoms with van der Waals surface area (Å²) in [6, 6.07) is 8.32. The lowest BCUT2D eigenvalue weighted by Crippen LogP contribution is -1.98. The number of nitrogens with zero attached hydrogens (tertiary/aromatic N) is 1. The number of pyridine rings is 1. The van der Waals surface area contributed by atoms with E-state index < -0.39 is 9.05 Å². The number of hydrogen-bond acceptors (Lipinski definition) is 4. The fraction of sp³-hybridized carbons (Fsp3) is 0.0833. The van der Waals surface area contributed by atoms with Gasteiger partial charge in [-0.1, -0.05) is 12.1 Å². The topological polar surface area (TPSA) is 56.3 Å². The van der Waals surface area contributed by atoms with Gasteiger partial charge in [-0.25, -0.2) is 8.42 Å². The van der Waals surface area contributed by atoms with Crippen molar-refractivity contribution in [2.24, 2.45) is 0 Å². The molecule has 0 aliphatic rings. The van der Waals surface area contributed by atoms with Crippen LogP contribution in [-0.2, 0) is 9.05 Å². The average Bonchev–Trinajstić information content (AvgIpc) is 2.37. The highest BCUT2D eigenvalue weighted by Crippen LogP contribution is 2.36. The van der Waals surface area contributed by atoms with Crippen molar-refractivity contribution in [2.75, 3.05) is 7.11 Å². The quantitative estimate of drug-likeness (QED) is 0.813. The van der Waals surface area contributed by atoms with E-state index in [1.807, 2.05) is 0 Å². The third kappa shape index (κ3) is 2.47. The molecule has 0 spiro atoms. The molecule has 0 unspecified atom stereocenters. The van der Waals surface area contributed by atoms with Gasteiger partial charge in [0, 0.05) is 28.6 Å². The summed E-state index contributed by atoms with van der Waals surface area (Å²) in [6.07, 6.45) is 3.24. The summed E-state index contributed by atoms with van der Waals surface area (Å²) in [5.41, 5.74) is 1.46. The summed E-state index contributed by atoms with van der Waals surface area (Å²) < 4.78 is 28.1. The van der Waals surface area contributed by atoms with Crippen molar-refractivity contribution in [1.29, 1.82) is 0 Å². The first kappa shape index (κ1) is 12.9. The lowest BCUT2D eigenvalue weighted by molar-refractivity contribution is 0.405. The van der Waals surface area contributed by atoms with Crippen LogP contribution in [-0.4, -0.2) is 20.5 Å². The van der Waals surface area contributed by atoms with Gasteiger partial charge in [-0.05, 0) is 23.8 Å². The Morgan fingerprint density at radius 2 is 1.83 bits per heavy atom. The highest BCUT2D eigenvalue weighted by Gasteiger charge is 2.19. The van der Waals surface area contributed by atoms with Gasteiger partial charge in [0.05, 0.1) is 7.11 Å². The second-order valence-corrected chi connectivity index (χ2v) is 6.05.